The molecule has 0 fully saturated rings. The highest BCUT2D eigenvalue weighted by atomic mass is 16.5. The quantitative estimate of drug-likeness (QED) is 0.742. The van der Waals surface area contributed by atoms with Crippen molar-refractivity contribution in [3.63, 3.8) is 0 Å². The molecule has 2 aromatic carbocycles. The number of amides is 1. The van der Waals surface area contributed by atoms with Gasteiger partial charge < -0.3 is 10.1 Å². The lowest BCUT2D eigenvalue weighted by molar-refractivity contribution is -0.147. The van der Waals surface area contributed by atoms with E-state index in [9.17, 15) is 9.59 Å². The normalized spacial score (nSPS) is 12.2. The molecule has 0 heterocycles. The van der Waals surface area contributed by atoms with Crippen molar-refractivity contribution in [2.45, 2.75) is 46.1 Å². The third-order valence-electron chi connectivity index (χ3n) is 4.11. The Bertz CT molecular complexity index is 724. The fraction of sp³-hybridized carbons (Fsp3) is 0.429. The molecule has 0 aliphatic heterocycles. The van der Waals surface area contributed by atoms with E-state index >= 15 is 0 Å². The van der Waals surface area contributed by atoms with Crippen molar-refractivity contribution in [3.8, 4) is 0 Å². The van der Waals surface area contributed by atoms with Crippen LogP contribution >= 0.6 is 0 Å². The largest absolute Gasteiger partial charge is 0.464 e. The van der Waals surface area contributed by atoms with Crippen molar-refractivity contribution in [3.05, 3.63) is 48.0 Å². The van der Waals surface area contributed by atoms with Gasteiger partial charge in [-0.1, -0.05) is 56.3 Å². The fourth-order valence-corrected chi connectivity index (χ4v) is 2.72. The van der Waals surface area contributed by atoms with Crippen LogP contribution in [0.1, 0.15) is 39.2 Å². The predicted octanol–water partition coefficient (Wildman–Crippen LogP) is 3.87. The molecule has 0 saturated heterocycles. The first-order valence-corrected chi connectivity index (χ1v) is 8.93. The lowest BCUT2D eigenvalue weighted by atomic mass is 10.0. The van der Waals surface area contributed by atoms with Crippen molar-refractivity contribution in [2.75, 3.05) is 6.61 Å². The summed E-state index contributed by atoms with van der Waals surface area (Å²) >= 11 is 0. The first-order valence-electron chi connectivity index (χ1n) is 8.93. The zero-order valence-corrected chi connectivity index (χ0v) is 15.2. The minimum Gasteiger partial charge on any atom is -0.464 e. The zero-order valence-electron chi connectivity index (χ0n) is 15.2. The fourth-order valence-electron chi connectivity index (χ4n) is 2.72. The van der Waals surface area contributed by atoms with Crippen molar-refractivity contribution < 1.29 is 14.3 Å². The molecular weight excluding hydrogens is 314 g/mol. The molecule has 2 rings (SSSR count). The van der Waals surface area contributed by atoms with Gasteiger partial charge in [-0.15, -0.1) is 0 Å². The molecular formula is C21H27NO3. The third kappa shape index (κ3) is 5.89. The Morgan fingerprint density at radius 2 is 1.80 bits per heavy atom. The average Bonchev–Trinajstić information content (AvgIpc) is 2.59. The highest BCUT2D eigenvalue weighted by Gasteiger charge is 2.22. The van der Waals surface area contributed by atoms with Crippen molar-refractivity contribution in [1.82, 2.24) is 5.32 Å². The van der Waals surface area contributed by atoms with Gasteiger partial charge in [0.2, 0.25) is 5.91 Å². The van der Waals surface area contributed by atoms with E-state index in [-0.39, 0.29) is 11.9 Å². The van der Waals surface area contributed by atoms with E-state index in [2.05, 4.69) is 31.3 Å². The molecule has 0 aliphatic rings. The van der Waals surface area contributed by atoms with E-state index in [1.54, 1.807) is 6.92 Å². The maximum Gasteiger partial charge on any atom is 0.328 e. The van der Waals surface area contributed by atoms with Gasteiger partial charge in [0.25, 0.3) is 0 Å². The Labute approximate surface area is 149 Å². The molecule has 134 valence electrons. The number of carbonyl (C=O) groups excluding carboxylic acids is 2. The molecule has 0 aromatic heterocycles. The standard InChI is InChI=1S/C21H27NO3/c1-4-25-21(24)19(22-20(23)12-9-15(2)3)14-16-10-11-17-7-5-6-8-18(17)13-16/h5-8,10-11,13,15,19H,4,9,12,14H2,1-3H3,(H,22,23). The Kier molecular flexibility index (Phi) is 6.99. The van der Waals surface area contributed by atoms with Gasteiger partial charge in [0.1, 0.15) is 6.04 Å². The van der Waals surface area contributed by atoms with Crippen molar-refractivity contribution in [1.29, 1.82) is 0 Å². The minimum absolute atomic E-state index is 0.104. The van der Waals surface area contributed by atoms with Crippen molar-refractivity contribution in [2.24, 2.45) is 5.92 Å². The topological polar surface area (TPSA) is 55.4 Å². The highest BCUT2D eigenvalue weighted by Crippen LogP contribution is 2.17. The molecule has 0 spiro atoms. The Balaban J connectivity index is 2.10. The third-order valence-corrected chi connectivity index (χ3v) is 4.11. The molecule has 0 aliphatic carbocycles. The van der Waals surface area contributed by atoms with Crippen LogP contribution in [0.15, 0.2) is 42.5 Å². The van der Waals surface area contributed by atoms with Crippen LogP contribution in [0, 0.1) is 5.92 Å². The maximum absolute atomic E-state index is 12.2. The van der Waals surface area contributed by atoms with E-state index < -0.39 is 6.04 Å². The number of rotatable bonds is 8. The molecule has 0 radical (unpaired) electrons. The molecule has 1 N–H and O–H groups in total. The molecule has 1 unspecified atom stereocenters. The van der Waals surface area contributed by atoms with Gasteiger partial charge in [-0.3, -0.25) is 4.79 Å². The van der Waals surface area contributed by atoms with Gasteiger partial charge in [-0.25, -0.2) is 4.79 Å². The molecule has 0 bridgehead atoms. The number of esters is 1. The smallest absolute Gasteiger partial charge is 0.328 e. The average molecular weight is 341 g/mol. The second-order valence-electron chi connectivity index (χ2n) is 6.69. The first kappa shape index (κ1) is 19.0. The first-order chi connectivity index (χ1) is 12.0. The van der Waals surface area contributed by atoms with Crippen LogP contribution in [0.5, 0.6) is 0 Å². The second kappa shape index (κ2) is 9.21. The van der Waals surface area contributed by atoms with E-state index in [1.807, 2.05) is 30.3 Å². The summed E-state index contributed by atoms with van der Waals surface area (Å²) in [4.78, 5) is 24.4. The minimum atomic E-state index is -0.652. The van der Waals surface area contributed by atoms with Crippen LogP contribution in [-0.4, -0.2) is 24.5 Å². The van der Waals surface area contributed by atoms with Gasteiger partial charge in [0.15, 0.2) is 0 Å². The van der Waals surface area contributed by atoms with Crippen LogP contribution < -0.4 is 5.32 Å². The Morgan fingerprint density at radius 3 is 2.48 bits per heavy atom. The second-order valence-corrected chi connectivity index (χ2v) is 6.69. The van der Waals surface area contributed by atoms with Gasteiger partial charge in [0, 0.05) is 12.8 Å². The van der Waals surface area contributed by atoms with Crippen LogP contribution in [0.4, 0.5) is 0 Å². The lowest BCUT2D eigenvalue weighted by Gasteiger charge is -2.18. The Morgan fingerprint density at radius 1 is 1.08 bits per heavy atom. The highest BCUT2D eigenvalue weighted by molar-refractivity contribution is 5.86. The summed E-state index contributed by atoms with van der Waals surface area (Å²) < 4.78 is 5.14. The van der Waals surface area contributed by atoms with Crippen LogP contribution in [0.3, 0.4) is 0 Å². The summed E-state index contributed by atoms with van der Waals surface area (Å²) in [5.74, 6) is -0.0339. The summed E-state index contributed by atoms with van der Waals surface area (Å²) in [6, 6.07) is 13.5. The van der Waals surface area contributed by atoms with E-state index in [1.165, 1.54) is 0 Å². The summed E-state index contributed by atoms with van der Waals surface area (Å²) in [6.45, 7) is 6.22. The summed E-state index contributed by atoms with van der Waals surface area (Å²) in [5, 5.41) is 5.11. The van der Waals surface area contributed by atoms with Gasteiger partial charge >= 0.3 is 5.97 Å². The molecule has 25 heavy (non-hydrogen) atoms. The van der Waals surface area contributed by atoms with Crippen LogP contribution in [0.2, 0.25) is 0 Å². The SMILES string of the molecule is CCOC(=O)C(Cc1ccc2ccccc2c1)NC(=O)CCC(C)C. The van der Waals surface area contributed by atoms with Crippen LogP contribution in [-0.2, 0) is 20.7 Å². The Hall–Kier alpha value is -2.36. The monoisotopic (exact) mass is 341 g/mol. The molecule has 0 saturated carbocycles. The van der Waals surface area contributed by atoms with E-state index in [0.717, 1.165) is 22.8 Å². The molecule has 4 nitrogen and oxygen atoms in total. The van der Waals surface area contributed by atoms with Crippen molar-refractivity contribution >= 4 is 22.6 Å². The summed E-state index contributed by atoms with van der Waals surface area (Å²) in [6.07, 6.45) is 1.65. The number of benzene rings is 2. The van der Waals surface area contributed by atoms with Crippen LogP contribution in [0.25, 0.3) is 10.8 Å². The van der Waals surface area contributed by atoms with Gasteiger partial charge in [-0.05, 0) is 35.6 Å². The van der Waals surface area contributed by atoms with Gasteiger partial charge in [-0.2, -0.15) is 0 Å². The summed E-state index contributed by atoms with van der Waals surface area (Å²) in [5.41, 5.74) is 1.00. The number of nitrogens with one attached hydrogen (secondary N) is 1. The molecule has 1 atom stereocenters. The molecule has 2 aromatic rings. The predicted molar refractivity (Wildman–Crippen MR) is 100 cm³/mol. The number of fused-ring (bicyclic) bond motifs is 1. The maximum atomic E-state index is 12.2. The van der Waals surface area contributed by atoms with E-state index in [4.69, 9.17) is 4.74 Å². The molecule has 4 heteroatoms. The number of carbonyl (C=O) groups is 2. The molecule has 1 amide bonds. The van der Waals surface area contributed by atoms with Gasteiger partial charge in [0.05, 0.1) is 6.61 Å². The number of hydrogen-bond donors (Lipinski definition) is 1. The lowest BCUT2D eigenvalue weighted by Crippen LogP contribution is -2.43. The summed E-state index contributed by atoms with van der Waals surface area (Å²) in [7, 11) is 0. The van der Waals surface area contributed by atoms with E-state index in [0.29, 0.717) is 25.4 Å². The number of hydrogen-bond acceptors (Lipinski definition) is 3. The zero-order chi connectivity index (χ0) is 18.2. The number of ether oxygens (including phenoxy) is 1.